The number of nitrogen functional groups attached to an aromatic ring is 1. The molecule has 2 rings (SSSR count). The van der Waals surface area contributed by atoms with Crippen molar-refractivity contribution in [3.8, 4) is 0 Å². The molecule has 1 aliphatic heterocycles. The first-order chi connectivity index (χ1) is 10.1. The molecular formula is C15H22N4O2. The van der Waals surface area contributed by atoms with Gasteiger partial charge in [-0.25, -0.2) is 4.79 Å². The monoisotopic (exact) mass is 290 g/mol. The molecule has 1 heterocycles. The number of piperidine rings is 1. The molecule has 1 aromatic carbocycles. The summed E-state index contributed by atoms with van der Waals surface area (Å²) in [7, 11) is 0. The molecule has 0 spiro atoms. The number of urea groups is 1. The van der Waals surface area contributed by atoms with Gasteiger partial charge in [0.15, 0.2) is 0 Å². The second kappa shape index (κ2) is 6.97. The first kappa shape index (κ1) is 15.2. The molecule has 0 aliphatic carbocycles. The van der Waals surface area contributed by atoms with E-state index in [1.807, 2.05) is 23.1 Å². The Hall–Kier alpha value is -2.24. The predicted octanol–water partition coefficient (Wildman–Crippen LogP) is 0.718. The molecule has 0 saturated carbocycles. The van der Waals surface area contributed by atoms with E-state index in [1.54, 1.807) is 6.07 Å². The lowest BCUT2D eigenvalue weighted by molar-refractivity contribution is -0.132. The van der Waals surface area contributed by atoms with Gasteiger partial charge in [-0.3, -0.25) is 4.79 Å². The Bertz CT molecular complexity index is 518. The van der Waals surface area contributed by atoms with Crippen LogP contribution in [0.15, 0.2) is 24.3 Å². The SMILES string of the molecule is NC(=O)NCC1CCCN(C(=O)Cc2ccccc2N)C1. The van der Waals surface area contributed by atoms with E-state index < -0.39 is 6.03 Å². The molecule has 6 heteroatoms. The van der Waals surface area contributed by atoms with Crippen molar-refractivity contribution in [2.75, 3.05) is 25.4 Å². The van der Waals surface area contributed by atoms with E-state index in [-0.39, 0.29) is 11.8 Å². The predicted molar refractivity (Wildman–Crippen MR) is 81.4 cm³/mol. The zero-order chi connectivity index (χ0) is 15.2. The number of anilines is 1. The first-order valence-electron chi connectivity index (χ1n) is 7.20. The second-order valence-corrected chi connectivity index (χ2v) is 5.47. The Balaban J connectivity index is 1.90. The number of nitrogens with two attached hydrogens (primary N) is 2. The van der Waals surface area contributed by atoms with Gasteiger partial charge in [-0.2, -0.15) is 0 Å². The van der Waals surface area contributed by atoms with Gasteiger partial charge in [-0.05, 0) is 30.4 Å². The fourth-order valence-corrected chi connectivity index (χ4v) is 2.67. The maximum atomic E-state index is 12.4. The molecule has 0 aromatic heterocycles. The molecular weight excluding hydrogens is 268 g/mol. The minimum Gasteiger partial charge on any atom is -0.398 e. The maximum Gasteiger partial charge on any atom is 0.312 e. The summed E-state index contributed by atoms with van der Waals surface area (Å²) in [5.41, 5.74) is 12.5. The Morgan fingerprint density at radius 2 is 2.10 bits per heavy atom. The molecule has 3 amide bonds. The zero-order valence-corrected chi connectivity index (χ0v) is 12.0. The van der Waals surface area contributed by atoms with E-state index in [0.29, 0.717) is 25.2 Å². The average molecular weight is 290 g/mol. The molecule has 1 unspecified atom stereocenters. The van der Waals surface area contributed by atoms with Crippen molar-refractivity contribution < 1.29 is 9.59 Å². The van der Waals surface area contributed by atoms with E-state index in [1.165, 1.54) is 0 Å². The lowest BCUT2D eigenvalue weighted by atomic mass is 9.97. The third-order valence-electron chi connectivity index (χ3n) is 3.83. The van der Waals surface area contributed by atoms with Crippen LogP contribution in [0.1, 0.15) is 18.4 Å². The Labute approximate surface area is 124 Å². The van der Waals surface area contributed by atoms with Gasteiger partial charge < -0.3 is 21.7 Å². The molecule has 6 nitrogen and oxygen atoms in total. The van der Waals surface area contributed by atoms with Gasteiger partial charge >= 0.3 is 6.03 Å². The van der Waals surface area contributed by atoms with Crippen molar-refractivity contribution >= 4 is 17.6 Å². The zero-order valence-electron chi connectivity index (χ0n) is 12.0. The highest BCUT2D eigenvalue weighted by molar-refractivity contribution is 5.80. The number of hydrogen-bond acceptors (Lipinski definition) is 3. The molecule has 0 bridgehead atoms. The molecule has 21 heavy (non-hydrogen) atoms. The summed E-state index contributed by atoms with van der Waals surface area (Å²) in [4.78, 5) is 25.0. The summed E-state index contributed by atoms with van der Waals surface area (Å²) in [5, 5.41) is 2.61. The molecule has 114 valence electrons. The van der Waals surface area contributed by atoms with Gasteiger partial charge in [0, 0.05) is 25.3 Å². The summed E-state index contributed by atoms with van der Waals surface area (Å²) in [6.45, 7) is 1.94. The van der Waals surface area contributed by atoms with Gasteiger partial charge in [0.25, 0.3) is 0 Å². The lowest BCUT2D eigenvalue weighted by Gasteiger charge is -2.33. The number of carbonyl (C=O) groups is 2. The number of nitrogens with one attached hydrogen (secondary N) is 1. The summed E-state index contributed by atoms with van der Waals surface area (Å²) in [6.07, 6.45) is 2.27. The van der Waals surface area contributed by atoms with Crippen molar-refractivity contribution in [1.29, 1.82) is 0 Å². The first-order valence-corrected chi connectivity index (χ1v) is 7.20. The van der Waals surface area contributed by atoms with Crippen LogP contribution >= 0.6 is 0 Å². The smallest absolute Gasteiger partial charge is 0.312 e. The number of benzene rings is 1. The molecule has 1 saturated heterocycles. The lowest BCUT2D eigenvalue weighted by Crippen LogP contribution is -2.45. The number of amides is 3. The minimum absolute atomic E-state index is 0.0803. The third kappa shape index (κ3) is 4.37. The number of para-hydroxylation sites is 1. The fourth-order valence-electron chi connectivity index (χ4n) is 2.67. The molecule has 1 aliphatic rings. The highest BCUT2D eigenvalue weighted by Crippen LogP contribution is 2.18. The van der Waals surface area contributed by atoms with E-state index in [0.717, 1.165) is 24.9 Å². The van der Waals surface area contributed by atoms with Crippen molar-refractivity contribution in [1.82, 2.24) is 10.2 Å². The molecule has 1 fully saturated rings. The van der Waals surface area contributed by atoms with E-state index in [4.69, 9.17) is 11.5 Å². The number of hydrogen-bond donors (Lipinski definition) is 3. The van der Waals surface area contributed by atoms with Crippen molar-refractivity contribution in [2.45, 2.75) is 19.3 Å². The number of nitrogens with zero attached hydrogens (tertiary/aromatic N) is 1. The van der Waals surface area contributed by atoms with E-state index in [9.17, 15) is 9.59 Å². The highest BCUT2D eigenvalue weighted by Gasteiger charge is 2.24. The standard InChI is InChI=1S/C15H22N4O2/c16-13-6-2-1-5-12(13)8-14(20)19-7-3-4-11(10-19)9-18-15(17)21/h1-2,5-6,11H,3-4,7-10,16H2,(H3,17,18,21). The van der Waals surface area contributed by atoms with Crippen LogP contribution in [0, 0.1) is 5.92 Å². The summed E-state index contributed by atoms with van der Waals surface area (Å²) in [6, 6.07) is 6.90. The van der Waals surface area contributed by atoms with E-state index in [2.05, 4.69) is 5.32 Å². The van der Waals surface area contributed by atoms with Crippen LogP contribution in [0.2, 0.25) is 0 Å². The van der Waals surface area contributed by atoms with Crippen LogP contribution in [0.4, 0.5) is 10.5 Å². The normalized spacial score (nSPS) is 18.3. The average Bonchev–Trinajstić information content (AvgIpc) is 2.48. The molecule has 5 N–H and O–H groups in total. The van der Waals surface area contributed by atoms with Crippen molar-refractivity contribution in [3.05, 3.63) is 29.8 Å². The number of carbonyl (C=O) groups excluding carboxylic acids is 2. The minimum atomic E-state index is -0.518. The van der Waals surface area contributed by atoms with Crippen LogP contribution in [-0.2, 0) is 11.2 Å². The van der Waals surface area contributed by atoms with Gasteiger partial charge in [0.1, 0.15) is 0 Å². The van der Waals surface area contributed by atoms with E-state index >= 15 is 0 Å². The van der Waals surface area contributed by atoms with Crippen LogP contribution in [0.5, 0.6) is 0 Å². The highest BCUT2D eigenvalue weighted by atomic mass is 16.2. The Morgan fingerprint density at radius 3 is 2.81 bits per heavy atom. The molecule has 1 atom stereocenters. The van der Waals surface area contributed by atoms with Crippen LogP contribution in [-0.4, -0.2) is 36.5 Å². The number of primary amides is 1. The summed E-state index contributed by atoms with van der Waals surface area (Å²) < 4.78 is 0. The summed E-state index contributed by atoms with van der Waals surface area (Å²) >= 11 is 0. The second-order valence-electron chi connectivity index (χ2n) is 5.47. The van der Waals surface area contributed by atoms with Gasteiger partial charge in [0.05, 0.1) is 6.42 Å². The van der Waals surface area contributed by atoms with Crippen molar-refractivity contribution in [2.24, 2.45) is 11.7 Å². The van der Waals surface area contributed by atoms with Gasteiger partial charge in [-0.15, -0.1) is 0 Å². The van der Waals surface area contributed by atoms with Gasteiger partial charge in [0.2, 0.25) is 5.91 Å². The largest absolute Gasteiger partial charge is 0.398 e. The number of rotatable bonds is 4. The Kier molecular flexibility index (Phi) is 5.03. The maximum absolute atomic E-state index is 12.4. The number of likely N-dealkylation sites (tertiary alicyclic amines) is 1. The van der Waals surface area contributed by atoms with Crippen LogP contribution in [0.25, 0.3) is 0 Å². The molecule has 0 radical (unpaired) electrons. The molecule has 1 aromatic rings. The topological polar surface area (TPSA) is 101 Å². The van der Waals surface area contributed by atoms with Crippen LogP contribution in [0.3, 0.4) is 0 Å². The fraction of sp³-hybridized carbons (Fsp3) is 0.467. The van der Waals surface area contributed by atoms with Gasteiger partial charge in [-0.1, -0.05) is 18.2 Å². The van der Waals surface area contributed by atoms with Crippen molar-refractivity contribution in [3.63, 3.8) is 0 Å². The Morgan fingerprint density at radius 1 is 1.33 bits per heavy atom. The summed E-state index contributed by atoms with van der Waals surface area (Å²) in [5.74, 6) is 0.347. The van der Waals surface area contributed by atoms with Crippen LogP contribution < -0.4 is 16.8 Å². The quantitative estimate of drug-likeness (QED) is 0.712. The third-order valence-corrected chi connectivity index (χ3v) is 3.83.